The summed E-state index contributed by atoms with van der Waals surface area (Å²) in [6.45, 7) is 2.17. The smallest absolute Gasteiger partial charge is 0.325 e. The molecule has 0 spiro atoms. The van der Waals surface area contributed by atoms with Crippen LogP contribution >= 0.6 is 11.6 Å². The van der Waals surface area contributed by atoms with E-state index < -0.39 is 17.5 Å². The molecule has 0 aromatic heterocycles. The van der Waals surface area contributed by atoms with Gasteiger partial charge in [0.15, 0.2) is 0 Å². The molecule has 1 saturated heterocycles. The van der Waals surface area contributed by atoms with Gasteiger partial charge in [-0.1, -0.05) is 84.4 Å². The second-order valence-electron chi connectivity index (χ2n) is 8.49. The number of hydrogen-bond donors (Lipinski definition) is 1. The number of halogens is 1. The van der Waals surface area contributed by atoms with Gasteiger partial charge in [-0.15, -0.1) is 0 Å². The van der Waals surface area contributed by atoms with Gasteiger partial charge in [-0.2, -0.15) is 0 Å². The number of amides is 4. The Morgan fingerprint density at radius 2 is 1.50 bits per heavy atom. The van der Waals surface area contributed by atoms with E-state index in [0.29, 0.717) is 30.1 Å². The SMILES string of the molecule is CC1(c2ccc(Cl)cc2)NC(=O)N(CC(=O)N(CCc2ccccc2)Cc2ccccc2)C1=O. The molecule has 6 nitrogen and oxygen atoms in total. The maximum absolute atomic E-state index is 13.3. The Hall–Kier alpha value is -3.64. The summed E-state index contributed by atoms with van der Waals surface area (Å²) in [5.41, 5.74) is 1.44. The van der Waals surface area contributed by atoms with Gasteiger partial charge < -0.3 is 10.2 Å². The van der Waals surface area contributed by atoms with E-state index in [1.165, 1.54) is 0 Å². The molecule has 1 atom stereocenters. The Bertz CT molecular complexity index is 1170. The molecular weight excluding hydrogens is 450 g/mol. The number of imide groups is 1. The third-order valence-electron chi connectivity index (χ3n) is 6.07. The normalized spacial score (nSPS) is 17.5. The zero-order valence-electron chi connectivity index (χ0n) is 18.9. The number of carbonyl (C=O) groups excluding carboxylic acids is 3. The molecule has 174 valence electrons. The van der Waals surface area contributed by atoms with E-state index in [0.717, 1.165) is 16.0 Å². The van der Waals surface area contributed by atoms with Crippen molar-refractivity contribution in [3.8, 4) is 0 Å². The van der Waals surface area contributed by atoms with Crippen molar-refractivity contribution >= 4 is 29.4 Å². The van der Waals surface area contributed by atoms with Gasteiger partial charge in [0.05, 0.1) is 0 Å². The maximum atomic E-state index is 13.3. The van der Waals surface area contributed by atoms with Gasteiger partial charge in [0.2, 0.25) is 5.91 Å². The molecule has 3 aromatic rings. The highest BCUT2D eigenvalue weighted by Crippen LogP contribution is 2.29. The van der Waals surface area contributed by atoms with Crippen molar-refractivity contribution in [2.75, 3.05) is 13.1 Å². The van der Waals surface area contributed by atoms with Crippen molar-refractivity contribution in [1.29, 1.82) is 0 Å². The fourth-order valence-electron chi connectivity index (χ4n) is 4.06. The predicted octanol–water partition coefficient (Wildman–Crippen LogP) is 4.38. The van der Waals surface area contributed by atoms with E-state index in [2.05, 4.69) is 5.32 Å². The van der Waals surface area contributed by atoms with Crippen molar-refractivity contribution in [1.82, 2.24) is 15.1 Å². The number of urea groups is 1. The summed E-state index contributed by atoms with van der Waals surface area (Å²) >= 11 is 5.97. The van der Waals surface area contributed by atoms with Crippen molar-refractivity contribution in [3.05, 3.63) is 107 Å². The van der Waals surface area contributed by atoms with Crippen molar-refractivity contribution in [2.24, 2.45) is 0 Å². The average Bonchev–Trinajstić information content (AvgIpc) is 3.07. The van der Waals surface area contributed by atoms with E-state index in [-0.39, 0.29) is 12.5 Å². The quantitative estimate of drug-likeness (QED) is 0.491. The van der Waals surface area contributed by atoms with Crippen LogP contribution in [0.3, 0.4) is 0 Å². The van der Waals surface area contributed by atoms with Crippen LogP contribution in [0.4, 0.5) is 4.79 Å². The van der Waals surface area contributed by atoms with E-state index >= 15 is 0 Å². The van der Waals surface area contributed by atoms with E-state index in [1.807, 2.05) is 60.7 Å². The molecule has 34 heavy (non-hydrogen) atoms. The van der Waals surface area contributed by atoms with Crippen molar-refractivity contribution in [3.63, 3.8) is 0 Å². The zero-order valence-corrected chi connectivity index (χ0v) is 19.7. The second kappa shape index (κ2) is 10.1. The lowest BCUT2D eigenvalue weighted by Gasteiger charge is -2.26. The van der Waals surface area contributed by atoms with Gasteiger partial charge in [0.25, 0.3) is 5.91 Å². The monoisotopic (exact) mass is 475 g/mol. The third kappa shape index (κ3) is 5.13. The largest absolute Gasteiger partial charge is 0.336 e. The Morgan fingerprint density at radius 3 is 2.12 bits per heavy atom. The molecule has 4 rings (SSSR count). The summed E-state index contributed by atoms with van der Waals surface area (Å²) in [6.07, 6.45) is 0.669. The molecule has 1 unspecified atom stereocenters. The van der Waals surface area contributed by atoms with Crippen LogP contribution in [0, 0.1) is 0 Å². The molecule has 3 aromatic carbocycles. The van der Waals surface area contributed by atoms with Crippen LogP contribution < -0.4 is 5.32 Å². The molecule has 0 radical (unpaired) electrons. The fourth-order valence-corrected chi connectivity index (χ4v) is 4.19. The van der Waals surface area contributed by atoms with E-state index in [9.17, 15) is 14.4 Å². The van der Waals surface area contributed by atoms with Crippen LogP contribution in [0.5, 0.6) is 0 Å². The average molecular weight is 476 g/mol. The standard InChI is InChI=1S/C27H26ClN3O3/c1-27(22-12-14-23(28)15-13-22)25(33)31(26(34)29-27)19-24(32)30(18-21-10-6-3-7-11-21)17-16-20-8-4-2-5-9-20/h2-15H,16-19H2,1H3,(H,29,34). The summed E-state index contributed by atoms with van der Waals surface area (Å²) in [7, 11) is 0. The van der Waals surface area contributed by atoms with Crippen LogP contribution in [0.2, 0.25) is 5.02 Å². The van der Waals surface area contributed by atoms with Crippen LogP contribution in [0.25, 0.3) is 0 Å². The Kier molecular flexibility index (Phi) is 6.98. The second-order valence-corrected chi connectivity index (χ2v) is 8.93. The summed E-state index contributed by atoms with van der Waals surface area (Å²) in [5.74, 6) is -0.750. The zero-order chi connectivity index (χ0) is 24.1. The van der Waals surface area contributed by atoms with Crippen molar-refractivity contribution < 1.29 is 14.4 Å². The molecule has 1 fully saturated rings. The van der Waals surface area contributed by atoms with Crippen LogP contribution in [0.15, 0.2) is 84.9 Å². The number of carbonyl (C=O) groups is 3. The third-order valence-corrected chi connectivity index (χ3v) is 6.32. The molecule has 1 aliphatic heterocycles. The summed E-state index contributed by atoms with van der Waals surface area (Å²) in [5, 5.41) is 3.27. The molecule has 0 bridgehead atoms. The lowest BCUT2D eigenvalue weighted by Crippen LogP contribution is -2.44. The molecule has 0 saturated carbocycles. The summed E-state index contributed by atoms with van der Waals surface area (Å²) < 4.78 is 0. The Labute approximate surface area is 204 Å². The first kappa shape index (κ1) is 23.5. The molecule has 7 heteroatoms. The van der Waals surface area contributed by atoms with Crippen LogP contribution in [-0.2, 0) is 28.1 Å². The molecule has 1 heterocycles. The van der Waals surface area contributed by atoms with Gasteiger partial charge >= 0.3 is 6.03 Å². The van der Waals surface area contributed by atoms with Gasteiger partial charge in [-0.25, -0.2) is 4.79 Å². The highest BCUT2D eigenvalue weighted by molar-refractivity contribution is 6.30. The summed E-state index contributed by atoms with van der Waals surface area (Å²) in [4.78, 5) is 42.0. The molecule has 0 aliphatic carbocycles. The first-order valence-electron chi connectivity index (χ1n) is 11.1. The van der Waals surface area contributed by atoms with Crippen molar-refractivity contribution in [2.45, 2.75) is 25.4 Å². The topological polar surface area (TPSA) is 69.7 Å². The minimum absolute atomic E-state index is 0.288. The highest BCUT2D eigenvalue weighted by Gasteiger charge is 2.49. The minimum Gasteiger partial charge on any atom is -0.336 e. The van der Waals surface area contributed by atoms with E-state index in [4.69, 9.17) is 11.6 Å². The highest BCUT2D eigenvalue weighted by atomic mass is 35.5. The Morgan fingerprint density at radius 1 is 0.912 bits per heavy atom. The first-order valence-corrected chi connectivity index (χ1v) is 11.5. The number of nitrogens with one attached hydrogen (secondary N) is 1. The first-order chi connectivity index (χ1) is 16.4. The number of rotatable bonds is 8. The van der Waals surface area contributed by atoms with Gasteiger partial charge in [-0.05, 0) is 42.2 Å². The molecule has 4 amide bonds. The number of benzene rings is 3. The lowest BCUT2D eigenvalue weighted by atomic mass is 9.92. The fraction of sp³-hybridized carbons (Fsp3) is 0.222. The summed E-state index contributed by atoms with van der Waals surface area (Å²) in [6, 6.07) is 25.7. The minimum atomic E-state index is -1.25. The molecular formula is C27H26ClN3O3. The van der Waals surface area contributed by atoms with Gasteiger partial charge in [0.1, 0.15) is 12.1 Å². The van der Waals surface area contributed by atoms with Gasteiger partial charge in [0, 0.05) is 18.1 Å². The molecule has 1 N–H and O–H groups in total. The number of nitrogens with zero attached hydrogens (tertiary/aromatic N) is 2. The Balaban J connectivity index is 1.51. The van der Waals surface area contributed by atoms with Gasteiger partial charge in [-0.3, -0.25) is 14.5 Å². The lowest BCUT2D eigenvalue weighted by molar-refractivity contribution is -0.139. The van der Waals surface area contributed by atoms with Crippen LogP contribution in [0.1, 0.15) is 23.6 Å². The molecule has 1 aliphatic rings. The van der Waals surface area contributed by atoms with Crippen LogP contribution in [-0.4, -0.2) is 40.7 Å². The number of hydrogen-bond acceptors (Lipinski definition) is 3. The maximum Gasteiger partial charge on any atom is 0.325 e. The predicted molar refractivity (Wildman–Crippen MR) is 131 cm³/mol. The van der Waals surface area contributed by atoms with E-state index in [1.54, 1.807) is 36.1 Å².